The van der Waals surface area contributed by atoms with E-state index in [0.29, 0.717) is 6.42 Å². The van der Waals surface area contributed by atoms with E-state index in [-0.39, 0.29) is 11.3 Å². The zero-order chi connectivity index (χ0) is 13.9. The van der Waals surface area contributed by atoms with E-state index < -0.39 is 0 Å². The predicted molar refractivity (Wildman–Crippen MR) is 81.1 cm³/mol. The molecular formula is C15H21BrN2O. The number of carbonyl (C=O) groups excluding carboxylic acids is 1. The molecule has 1 fully saturated rings. The highest BCUT2D eigenvalue weighted by molar-refractivity contribution is 9.10. The summed E-state index contributed by atoms with van der Waals surface area (Å²) in [5.74, 6) is 0.221. The van der Waals surface area contributed by atoms with Gasteiger partial charge in [-0.2, -0.15) is 0 Å². The van der Waals surface area contributed by atoms with Gasteiger partial charge in [-0.25, -0.2) is 0 Å². The number of benzene rings is 1. The largest absolute Gasteiger partial charge is 0.341 e. The van der Waals surface area contributed by atoms with E-state index in [1.54, 1.807) is 0 Å². The molecule has 0 spiro atoms. The summed E-state index contributed by atoms with van der Waals surface area (Å²) in [6, 6.07) is 7.97. The van der Waals surface area contributed by atoms with E-state index in [1.165, 1.54) is 0 Å². The van der Waals surface area contributed by atoms with Gasteiger partial charge in [0.15, 0.2) is 0 Å². The number of nitrogens with one attached hydrogen (secondary N) is 1. The Balaban J connectivity index is 2.00. The van der Waals surface area contributed by atoms with E-state index >= 15 is 0 Å². The molecule has 3 nitrogen and oxygen atoms in total. The van der Waals surface area contributed by atoms with Crippen LogP contribution in [0.3, 0.4) is 0 Å². The average molecular weight is 325 g/mol. The van der Waals surface area contributed by atoms with Crippen LogP contribution in [-0.2, 0) is 11.2 Å². The lowest BCUT2D eigenvalue weighted by Crippen LogP contribution is -2.39. The third kappa shape index (κ3) is 4.32. The van der Waals surface area contributed by atoms with E-state index in [2.05, 4.69) is 35.1 Å². The predicted octanol–water partition coefficient (Wildman–Crippen LogP) is 2.45. The molecule has 104 valence electrons. The molecule has 1 aromatic carbocycles. The number of hydrogen-bond donors (Lipinski definition) is 1. The van der Waals surface area contributed by atoms with Gasteiger partial charge in [-0.1, -0.05) is 41.9 Å². The number of amides is 1. The fourth-order valence-corrected chi connectivity index (χ4v) is 2.66. The lowest BCUT2D eigenvalue weighted by molar-refractivity contribution is -0.131. The van der Waals surface area contributed by atoms with Crippen LogP contribution in [0.4, 0.5) is 0 Å². The molecule has 1 N–H and O–H groups in total. The van der Waals surface area contributed by atoms with E-state index in [4.69, 9.17) is 0 Å². The number of rotatable bonds is 2. The van der Waals surface area contributed by atoms with Gasteiger partial charge in [0.05, 0.1) is 6.42 Å². The second-order valence-corrected chi connectivity index (χ2v) is 6.88. The van der Waals surface area contributed by atoms with Gasteiger partial charge in [-0.05, 0) is 23.1 Å². The zero-order valence-electron chi connectivity index (χ0n) is 11.6. The van der Waals surface area contributed by atoms with E-state index in [0.717, 1.165) is 36.2 Å². The van der Waals surface area contributed by atoms with Crippen molar-refractivity contribution in [2.75, 3.05) is 26.2 Å². The maximum atomic E-state index is 12.4. The van der Waals surface area contributed by atoms with Crippen molar-refractivity contribution in [2.45, 2.75) is 20.3 Å². The van der Waals surface area contributed by atoms with Crippen molar-refractivity contribution in [1.82, 2.24) is 10.2 Å². The molecule has 0 aromatic heterocycles. The van der Waals surface area contributed by atoms with Crippen molar-refractivity contribution in [3.05, 3.63) is 34.3 Å². The lowest BCUT2D eigenvalue weighted by atomic mass is 9.93. The van der Waals surface area contributed by atoms with Gasteiger partial charge in [-0.3, -0.25) is 4.79 Å². The molecule has 1 heterocycles. The summed E-state index contributed by atoms with van der Waals surface area (Å²) < 4.78 is 1.05. The Kier molecular flexibility index (Phi) is 4.63. The molecule has 0 atom stereocenters. The summed E-state index contributed by atoms with van der Waals surface area (Å²) in [6.07, 6.45) is 0.489. The second-order valence-electron chi connectivity index (χ2n) is 5.96. The molecule has 0 aliphatic carbocycles. The van der Waals surface area contributed by atoms with Crippen molar-refractivity contribution in [3.8, 4) is 0 Å². The van der Waals surface area contributed by atoms with Gasteiger partial charge >= 0.3 is 0 Å². The van der Waals surface area contributed by atoms with Crippen molar-refractivity contribution < 1.29 is 4.79 Å². The SMILES string of the molecule is CC1(C)CNCCN(C(=O)Cc2ccc(Br)cc2)C1. The minimum absolute atomic E-state index is 0.145. The summed E-state index contributed by atoms with van der Waals surface area (Å²) in [4.78, 5) is 14.4. The highest BCUT2D eigenvalue weighted by Gasteiger charge is 2.27. The highest BCUT2D eigenvalue weighted by Crippen LogP contribution is 2.19. The van der Waals surface area contributed by atoms with Crippen LogP contribution in [0.1, 0.15) is 19.4 Å². The van der Waals surface area contributed by atoms with Crippen LogP contribution in [0.25, 0.3) is 0 Å². The molecule has 19 heavy (non-hydrogen) atoms. The number of halogens is 1. The Morgan fingerprint density at radius 2 is 2.05 bits per heavy atom. The molecule has 4 heteroatoms. The minimum atomic E-state index is 0.145. The van der Waals surface area contributed by atoms with E-state index in [9.17, 15) is 4.79 Å². The molecule has 0 bridgehead atoms. The zero-order valence-corrected chi connectivity index (χ0v) is 13.2. The van der Waals surface area contributed by atoms with Crippen molar-refractivity contribution in [2.24, 2.45) is 5.41 Å². The van der Waals surface area contributed by atoms with Gasteiger partial charge in [0.25, 0.3) is 0 Å². The van der Waals surface area contributed by atoms with Crippen LogP contribution in [-0.4, -0.2) is 37.0 Å². The minimum Gasteiger partial charge on any atom is -0.341 e. The third-order valence-electron chi connectivity index (χ3n) is 3.40. The summed E-state index contributed by atoms with van der Waals surface area (Å²) in [6.45, 7) is 7.88. The van der Waals surface area contributed by atoms with Crippen LogP contribution in [0, 0.1) is 5.41 Å². The Labute approximate surface area is 123 Å². The van der Waals surface area contributed by atoms with Crippen molar-refractivity contribution in [1.29, 1.82) is 0 Å². The summed E-state index contributed by atoms with van der Waals surface area (Å²) in [7, 11) is 0. The number of hydrogen-bond acceptors (Lipinski definition) is 2. The molecule has 0 saturated carbocycles. The van der Waals surface area contributed by atoms with Gasteiger partial charge in [0.1, 0.15) is 0 Å². The maximum absolute atomic E-state index is 12.4. The third-order valence-corrected chi connectivity index (χ3v) is 3.93. The number of nitrogens with zero attached hydrogens (tertiary/aromatic N) is 1. The van der Waals surface area contributed by atoms with Gasteiger partial charge < -0.3 is 10.2 Å². The van der Waals surface area contributed by atoms with Crippen LogP contribution in [0.15, 0.2) is 28.7 Å². The first-order valence-corrected chi connectivity index (χ1v) is 7.48. The monoisotopic (exact) mass is 324 g/mol. The Morgan fingerprint density at radius 3 is 2.74 bits per heavy atom. The molecule has 0 radical (unpaired) electrons. The molecular weight excluding hydrogens is 304 g/mol. The van der Waals surface area contributed by atoms with Gasteiger partial charge in [0.2, 0.25) is 5.91 Å². The summed E-state index contributed by atoms with van der Waals surface area (Å²) in [5.41, 5.74) is 1.22. The van der Waals surface area contributed by atoms with Gasteiger partial charge in [-0.15, -0.1) is 0 Å². The summed E-state index contributed by atoms with van der Waals surface area (Å²) >= 11 is 3.41. The quantitative estimate of drug-likeness (QED) is 0.906. The first kappa shape index (κ1) is 14.5. The second kappa shape index (κ2) is 6.06. The smallest absolute Gasteiger partial charge is 0.227 e. The fourth-order valence-electron chi connectivity index (χ4n) is 2.39. The average Bonchev–Trinajstić information content (AvgIpc) is 2.53. The Morgan fingerprint density at radius 1 is 1.37 bits per heavy atom. The molecule has 1 aliphatic rings. The highest BCUT2D eigenvalue weighted by atomic mass is 79.9. The van der Waals surface area contributed by atoms with Crippen LogP contribution >= 0.6 is 15.9 Å². The Hall–Kier alpha value is -0.870. The number of carbonyl (C=O) groups is 1. The Bertz CT molecular complexity index is 442. The first-order valence-electron chi connectivity index (χ1n) is 6.69. The van der Waals surface area contributed by atoms with Crippen LogP contribution < -0.4 is 5.32 Å². The first-order chi connectivity index (χ1) is 8.96. The van der Waals surface area contributed by atoms with Gasteiger partial charge in [0, 0.05) is 30.7 Å². The normalized spacial score (nSPS) is 19.0. The molecule has 2 rings (SSSR count). The van der Waals surface area contributed by atoms with E-state index in [1.807, 2.05) is 29.2 Å². The van der Waals surface area contributed by atoms with Crippen LogP contribution in [0.5, 0.6) is 0 Å². The molecule has 1 aromatic rings. The lowest BCUT2D eigenvalue weighted by Gasteiger charge is -2.29. The fraction of sp³-hybridized carbons (Fsp3) is 0.533. The molecule has 1 saturated heterocycles. The molecule has 0 unspecified atom stereocenters. The molecule has 1 amide bonds. The maximum Gasteiger partial charge on any atom is 0.227 e. The molecule has 1 aliphatic heterocycles. The topological polar surface area (TPSA) is 32.3 Å². The standard InChI is InChI=1S/C15H21BrN2O/c1-15(2)10-17-7-8-18(11-15)14(19)9-12-3-5-13(16)6-4-12/h3-6,17H,7-11H2,1-2H3. The van der Waals surface area contributed by atoms with Crippen molar-refractivity contribution >= 4 is 21.8 Å². The van der Waals surface area contributed by atoms with Crippen LogP contribution in [0.2, 0.25) is 0 Å². The van der Waals surface area contributed by atoms with Crippen molar-refractivity contribution in [3.63, 3.8) is 0 Å². The summed E-state index contributed by atoms with van der Waals surface area (Å²) in [5, 5.41) is 3.39.